The molecule has 1 aliphatic rings. The van der Waals surface area contributed by atoms with Gasteiger partial charge in [0, 0.05) is 36.9 Å². The molecule has 9 heteroatoms. The summed E-state index contributed by atoms with van der Waals surface area (Å²) in [5.41, 5.74) is 1.40. The Morgan fingerprint density at radius 3 is 2.24 bits per heavy atom. The molecule has 0 atom stereocenters. The summed E-state index contributed by atoms with van der Waals surface area (Å²) in [7, 11) is -2.40. The van der Waals surface area contributed by atoms with E-state index in [1.807, 2.05) is 24.3 Å². The quantitative estimate of drug-likeness (QED) is 0.493. The lowest BCUT2D eigenvalue weighted by Crippen LogP contribution is -2.52. The van der Waals surface area contributed by atoms with E-state index >= 15 is 0 Å². The summed E-state index contributed by atoms with van der Waals surface area (Å²) in [6.07, 6.45) is 0. The monoisotopic (exact) mass is 499 g/mol. The van der Waals surface area contributed by atoms with E-state index in [-0.39, 0.29) is 17.3 Å². The largest absolute Gasteiger partial charge is 0.497 e. The van der Waals surface area contributed by atoms with Crippen LogP contribution in [0, 0.1) is 0 Å². The second kappa shape index (κ2) is 10.4. The van der Waals surface area contributed by atoms with E-state index < -0.39 is 10.0 Å². The Morgan fingerprint density at radius 2 is 1.62 bits per heavy atom. The molecule has 0 spiro atoms. The third-order valence-corrected chi connectivity index (χ3v) is 7.80. The number of hydrogen-bond acceptors (Lipinski definition) is 5. The van der Waals surface area contributed by atoms with Crippen molar-refractivity contribution in [2.45, 2.75) is 4.90 Å². The molecule has 178 valence electrons. The van der Waals surface area contributed by atoms with Crippen molar-refractivity contribution < 1.29 is 17.9 Å². The van der Waals surface area contributed by atoms with Gasteiger partial charge >= 0.3 is 0 Å². The van der Waals surface area contributed by atoms with Crippen molar-refractivity contribution in [1.82, 2.24) is 4.90 Å². The summed E-state index contributed by atoms with van der Waals surface area (Å²) in [6, 6.07) is 22.4. The number of hydrogen-bond donors (Lipinski definition) is 0. The van der Waals surface area contributed by atoms with Gasteiger partial charge in [-0.3, -0.25) is 9.10 Å². The lowest BCUT2D eigenvalue weighted by Gasteiger charge is -2.37. The fraction of sp³-hybridized carbons (Fsp3) is 0.240. The minimum atomic E-state index is -3.95. The van der Waals surface area contributed by atoms with Gasteiger partial charge in [0.05, 0.1) is 17.7 Å². The molecule has 1 saturated heterocycles. The third kappa shape index (κ3) is 5.29. The Balaban J connectivity index is 1.52. The first kappa shape index (κ1) is 23.9. The zero-order valence-corrected chi connectivity index (χ0v) is 20.4. The van der Waals surface area contributed by atoms with Gasteiger partial charge < -0.3 is 14.5 Å². The number of ether oxygens (including phenoxy) is 1. The zero-order chi connectivity index (χ0) is 24.1. The highest BCUT2D eigenvalue weighted by Crippen LogP contribution is 2.26. The van der Waals surface area contributed by atoms with Crippen molar-refractivity contribution >= 4 is 38.9 Å². The molecule has 3 aromatic rings. The maximum atomic E-state index is 13.5. The lowest BCUT2D eigenvalue weighted by molar-refractivity contribution is -0.129. The number of rotatable bonds is 7. The molecule has 0 unspecified atom stereocenters. The smallest absolute Gasteiger partial charge is 0.264 e. The van der Waals surface area contributed by atoms with Gasteiger partial charge in [0.25, 0.3) is 10.0 Å². The highest BCUT2D eigenvalue weighted by atomic mass is 35.5. The second-order valence-electron chi connectivity index (χ2n) is 7.87. The van der Waals surface area contributed by atoms with Crippen molar-refractivity contribution in [2.24, 2.45) is 0 Å². The molecule has 0 saturated carbocycles. The van der Waals surface area contributed by atoms with Crippen molar-refractivity contribution in [3.63, 3.8) is 0 Å². The van der Waals surface area contributed by atoms with Crippen LogP contribution < -0.4 is 13.9 Å². The molecule has 1 aliphatic heterocycles. The summed E-state index contributed by atoms with van der Waals surface area (Å²) >= 11 is 6.11. The fourth-order valence-corrected chi connectivity index (χ4v) is 5.51. The Hall–Kier alpha value is -3.23. The summed E-state index contributed by atoms with van der Waals surface area (Å²) in [4.78, 5) is 17.2. The highest BCUT2D eigenvalue weighted by molar-refractivity contribution is 7.92. The Labute approximate surface area is 205 Å². The van der Waals surface area contributed by atoms with E-state index in [4.69, 9.17) is 16.3 Å². The number of carbonyl (C=O) groups is 1. The van der Waals surface area contributed by atoms with Crippen molar-refractivity contribution in [2.75, 3.05) is 49.0 Å². The van der Waals surface area contributed by atoms with Crippen LogP contribution in [0.1, 0.15) is 0 Å². The maximum absolute atomic E-state index is 13.5. The molecule has 34 heavy (non-hydrogen) atoms. The normalized spacial score (nSPS) is 14.1. The average Bonchev–Trinajstić information content (AvgIpc) is 2.88. The molecular weight excluding hydrogens is 474 g/mol. The minimum Gasteiger partial charge on any atom is -0.497 e. The number of sulfonamides is 1. The fourth-order valence-electron chi connectivity index (χ4n) is 3.89. The molecule has 1 heterocycles. The number of anilines is 2. The van der Waals surface area contributed by atoms with Crippen molar-refractivity contribution in [1.29, 1.82) is 0 Å². The van der Waals surface area contributed by atoms with E-state index in [0.717, 1.165) is 9.99 Å². The van der Waals surface area contributed by atoms with Crippen LogP contribution in [-0.4, -0.2) is 59.1 Å². The van der Waals surface area contributed by atoms with Gasteiger partial charge in [-0.15, -0.1) is 0 Å². The number of halogens is 1. The van der Waals surface area contributed by atoms with Crippen molar-refractivity contribution in [3.8, 4) is 5.75 Å². The van der Waals surface area contributed by atoms with Crippen LogP contribution in [0.3, 0.4) is 0 Å². The molecule has 3 aromatic carbocycles. The van der Waals surface area contributed by atoms with Crippen LogP contribution in [0.2, 0.25) is 5.02 Å². The van der Waals surface area contributed by atoms with Gasteiger partial charge in [-0.05, 0) is 54.6 Å². The van der Waals surface area contributed by atoms with Gasteiger partial charge in [-0.2, -0.15) is 0 Å². The first-order valence-corrected chi connectivity index (χ1v) is 12.7. The van der Waals surface area contributed by atoms with Crippen LogP contribution in [-0.2, 0) is 14.8 Å². The standard InChI is InChI=1S/C25H26ClN3O4S/c1-33-23-12-10-21(11-13-23)29(34(31,32)24-8-3-2-4-9-24)19-25(30)28-16-14-27(15-17-28)22-7-5-6-20(26)18-22/h2-13,18H,14-17,19H2,1H3. The first-order chi connectivity index (χ1) is 16.4. The number of nitrogens with zero attached hydrogens (tertiary/aromatic N) is 3. The number of carbonyl (C=O) groups excluding carboxylic acids is 1. The minimum absolute atomic E-state index is 0.129. The predicted molar refractivity (Wildman–Crippen MR) is 134 cm³/mol. The molecule has 0 N–H and O–H groups in total. The maximum Gasteiger partial charge on any atom is 0.264 e. The van der Waals surface area contributed by atoms with E-state index in [9.17, 15) is 13.2 Å². The first-order valence-electron chi connectivity index (χ1n) is 10.9. The Bertz CT molecular complexity index is 1230. The molecular formula is C25H26ClN3O4S. The SMILES string of the molecule is COc1ccc(N(CC(=O)N2CCN(c3cccc(Cl)c3)CC2)S(=O)(=O)c2ccccc2)cc1. The molecule has 1 amide bonds. The lowest BCUT2D eigenvalue weighted by atomic mass is 10.2. The number of benzene rings is 3. The van der Waals surface area contributed by atoms with E-state index in [1.54, 1.807) is 54.5 Å². The van der Waals surface area contributed by atoms with Crippen LogP contribution in [0.25, 0.3) is 0 Å². The Kier molecular flexibility index (Phi) is 7.29. The van der Waals surface area contributed by atoms with Crippen LogP contribution in [0.15, 0.2) is 83.8 Å². The highest BCUT2D eigenvalue weighted by Gasteiger charge is 2.30. The van der Waals surface area contributed by atoms with Crippen LogP contribution >= 0.6 is 11.6 Å². The van der Waals surface area contributed by atoms with Crippen LogP contribution in [0.4, 0.5) is 11.4 Å². The molecule has 0 bridgehead atoms. The predicted octanol–water partition coefficient (Wildman–Crippen LogP) is 3.89. The van der Waals surface area contributed by atoms with Gasteiger partial charge in [0.15, 0.2) is 0 Å². The molecule has 7 nitrogen and oxygen atoms in total. The van der Waals surface area contributed by atoms with Gasteiger partial charge in [-0.25, -0.2) is 8.42 Å². The third-order valence-electron chi connectivity index (χ3n) is 5.78. The van der Waals surface area contributed by atoms with Crippen LogP contribution in [0.5, 0.6) is 5.75 Å². The molecule has 0 aliphatic carbocycles. The van der Waals surface area contributed by atoms with Gasteiger partial charge in [0.1, 0.15) is 12.3 Å². The molecule has 4 rings (SSSR count). The summed E-state index contributed by atoms with van der Waals surface area (Å²) in [6.45, 7) is 1.97. The molecule has 0 radical (unpaired) electrons. The average molecular weight is 500 g/mol. The zero-order valence-electron chi connectivity index (χ0n) is 18.8. The van der Waals surface area contributed by atoms with Gasteiger partial charge in [0.2, 0.25) is 5.91 Å². The van der Waals surface area contributed by atoms with E-state index in [0.29, 0.717) is 42.6 Å². The van der Waals surface area contributed by atoms with E-state index in [2.05, 4.69) is 4.90 Å². The topological polar surface area (TPSA) is 70.2 Å². The van der Waals surface area contributed by atoms with E-state index in [1.165, 1.54) is 12.1 Å². The van der Waals surface area contributed by atoms with Crippen molar-refractivity contribution in [3.05, 3.63) is 83.9 Å². The number of methoxy groups -OCH3 is 1. The summed E-state index contributed by atoms with van der Waals surface area (Å²) in [5, 5.41) is 0.664. The molecule has 0 aromatic heterocycles. The number of piperazine rings is 1. The number of amides is 1. The Morgan fingerprint density at radius 1 is 0.941 bits per heavy atom. The molecule has 1 fully saturated rings. The van der Waals surface area contributed by atoms with Gasteiger partial charge in [-0.1, -0.05) is 35.9 Å². The summed E-state index contributed by atoms with van der Waals surface area (Å²) < 4.78 is 33.3. The summed E-state index contributed by atoms with van der Waals surface area (Å²) in [5.74, 6) is 0.352. The second-order valence-corrected chi connectivity index (χ2v) is 10.2.